The van der Waals surface area contributed by atoms with E-state index in [0.717, 1.165) is 12.5 Å². The number of guanidine groups is 1. The van der Waals surface area contributed by atoms with Crippen LogP contribution in [-0.4, -0.2) is 75.2 Å². The summed E-state index contributed by atoms with van der Waals surface area (Å²) < 4.78 is 0. The SMILES string of the molecule is CN=C(NCCCCCCCN(C)C)NC1CCN(C(C)C)CC1.I. The molecule has 1 aliphatic heterocycles. The molecular weight excluding hydrogens is 425 g/mol. The molecule has 1 saturated heterocycles. The average Bonchev–Trinajstić information content (AvgIpc) is 2.56. The molecule has 0 bridgehead atoms. The van der Waals surface area contributed by atoms with Gasteiger partial charge >= 0.3 is 0 Å². The van der Waals surface area contributed by atoms with Crippen molar-refractivity contribution in [1.82, 2.24) is 20.4 Å². The Labute approximate surface area is 173 Å². The second-order valence-corrected chi connectivity index (χ2v) is 7.62. The summed E-state index contributed by atoms with van der Waals surface area (Å²) in [5, 5.41) is 7.07. The third-order valence-corrected chi connectivity index (χ3v) is 4.90. The molecule has 5 nitrogen and oxygen atoms in total. The fraction of sp³-hybridized carbons (Fsp3) is 0.947. The molecule has 1 aliphatic rings. The van der Waals surface area contributed by atoms with E-state index in [9.17, 15) is 0 Å². The first-order valence-electron chi connectivity index (χ1n) is 9.89. The van der Waals surface area contributed by atoms with Crippen LogP contribution in [0.25, 0.3) is 0 Å². The number of nitrogens with one attached hydrogen (secondary N) is 2. The summed E-state index contributed by atoms with van der Waals surface area (Å²) in [6.45, 7) is 9.20. The van der Waals surface area contributed by atoms with Crippen LogP contribution in [0, 0.1) is 0 Å². The highest BCUT2D eigenvalue weighted by Gasteiger charge is 2.21. The lowest BCUT2D eigenvalue weighted by molar-refractivity contribution is 0.167. The molecule has 0 aromatic carbocycles. The van der Waals surface area contributed by atoms with Gasteiger partial charge < -0.3 is 20.4 Å². The molecule has 0 spiro atoms. The molecule has 0 aliphatic carbocycles. The quantitative estimate of drug-likeness (QED) is 0.224. The molecule has 0 aromatic heterocycles. The molecule has 25 heavy (non-hydrogen) atoms. The first-order valence-corrected chi connectivity index (χ1v) is 9.89. The molecule has 2 N–H and O–H groups in total. The van der Waals surface area contributed by atoms with Crippen molar-refractivity contribution in [3.63, 3.8) is 0 Å². The molecule has 0 atom stereocenters. The van der Waals surface area contributed by atoms with Crippen LogP contribution in [0.3, 0.4) is 0 Å². The molecule has 0 radical (unpaired) electrons. The first kappa shape index (κ1) is 24.9. The van der Waals surface area contributed by atoms with Crippen molar-refractivity contribution in [3.8, 4) is 0 Å². The fourth-order valence-electron chi connectivity index (χ4n) is 3.24. The standard InChI is InChI=1S/C19H41N5.HI/c1-17(2)24-15-11-18(12-16-24)22-19(20-3)21-13-9-7-6-8-10-14-23(4)5;/h17-18H,6-16H2,1-5H3,(H2,20,21,22);1H. The van der Waals surface area contributed by atoms with Gasteiger partial charge in [0.15, 0.2) is 5.96 Å². The second kappa shape index (κ2) is 15.0. The van der Waals surface area contributed by atoms with Crippen molar-refractivity contribution >= 4 is 29.9 Å². The maximum Gasteiger partial charge on any atom is 0.191 e. The Kier molecular flexibility index (Phi) is 15.0. The molecular formula is C19H42IN5. The van der Waals surface area contributed by atoms with Crippen LogP contribution in [-0.2, 0) is 0 Å². The molecule has 1 fully saturated rings. The van der Waals surface area contributed by atoms with Gasteiger partial charge in [0.25, 0.3) is 0 Å². The summed E-state index contributed by atoms with van der Waals surface area (Å²) >= 11 is 0. The minimum atomic E-state index is 0. The fourth-order valence-corrected chi connectivity index (χ4v) is 3.24. The smallest absolute Gasteiger partial charge is 0.191 e. The van der Waals surface area contributed by atoms with Crippen molar-refractivity contribution in [3.05, 3.63) is 0 Å². The van der Waals surface area contributed by atoms with E-state index in [-0.39, 0.29) is 24.0 Å². The highest BCUT2D eigenvalue weighted by atomic mass is 127. The van der Waals surface area contributed by atoms with Crippen LogP contribution in [0.15, 0.2) is 4.99 Å². The van der Waals surface area contributed by atoms with E-state index in [2.05, 4.69) is 53.4 Å². The number of unbranched alkanes of at least 4 members (excludes halogenated alkanes) is 4. The Bertz CT molecular complexity index is 339. The molecule has 0 unspecified atom stereocenters. The largest absolute Gasteiger partial charge is 0.356 e. The molecule has 150 valence electrons. The van der Waals surface area contributed by atoms with E-state index in [1.807, 2.05) is 7.05 Å². The lowest BCUT2D eigenvalue weighted by atomic mass is 10.0. The van der Waals surface area contributed by atoms with Crippen molar-refractivity contribution in [1.29, 1.82) is 0 Å². The lowest BCUT2D eigenvalue weighted by Gasteiger charge is -2.35. The van der Waals surface area contributed by atoms with Gasteiger partial charge in [0.05, 0.1) is 0 Å². The van der Waals surface area contributed by atoms with E-state index in [1.165, 1.54) is 64.6 Å². The maximum absolute atomic E-state index is 4.38. The van der Waals surface area contributed by atoms with Crippen LogP contribution < -0.4 is 10.6 Å². The van der Waals surface area contributed by atoms with E-state index >= 15 is 0 Å². The number of hydrogen-bond acceptors (Lipinski definition) is 3. The minimum Gasteiger partial charge on any atom is -0.356 e. The number of nitrogens with zero attached hydrogens (tertiary/aromatic N) is 3. The van der Waals surface area contributed by atoms with Crippen molar-refractivity contribution in [2.24, 2.45) is 4.99 Å². The number of piperidine rings is 1. The predicted octanol–water partition coefficient (Wildman–Crippen LogP) is 3.15. The highest BCUT2D eigenvalue weighted by Crippen LogP contribution is 2.12. The molecule has 1 heterocycles. The van der Waals surface area contributed by atoms with E-state index < -0.39 is 0 Å². The van der Waals surface area contributed by atoms with Gasteiger partial charge in [-0.3, -0.25) is 4.99 Å². The van der Waals surface area contributed by atoms with Crippen molar-refractivity contribution in [2.45, 2.75) is 70.9 Å². The zero-order valence-corrected chi connectivity index (χ0v) is 19.5. The maximum atomic E-state index is 4.38. The predicted molar refractivity (Wildman–Crippen MR) is 121 cm³/mol. The first-order chi connectivity index (χ1) is 11.5. The Morgan fingerprint density at radius 2 is 1.68 bits per heavy atom. The topological polar surface area (TPSA) is 42.9 Å². The average molecular weight is 467 g/mol. The number of likely N-dealkylation sites (tertiary alicyclic amines) is 1. The van der Waals surface area contributed by atoms with Crippen molar-refractivity contribution in [2.75, 3.05) is 47.3 Å². The number of halogens is 1. The van der Waals surface area contributed by atoms with E-state index in [4.69, 9.17) is 0 Å². The van der Waals surface area contributed by atoms with Crippen molar-refractivity contribution < 1.29 is 0 Å². The molecule has 6 heteroatoms. The van der Waals surface area contributed by atoms with Crippen LogP contribution in [0.2, 0.25) is 0 Å². The molecule has 0 saturated carbocycles. The monoisotopic (exact) mass is 467 g/mol. The Balaban J connectivity index is 0.00000576. The Hall–Kier alpha value is -0.0800. The van der Waals surface area contributed by atoms with Crippen LogP contribution >= 0.6 is 24.0 Å². The second-order valence-electron chi connectivity index (χ2n) is 7.62. The number of hydrogen-bond donors (Lipinski definition) is 2. The molecule has 1 rings (SSSR count). The van der Waals surface area contributed by atoms with Gasteiger partial charge in [-0.25, -0.2) is 0 Å². The van der Waals surface area contributed by atoms with Crippen LogP contribution in [0.5, 0.6) is 0 Å². The van der Waals surface area contributed by atoms with Gasteiger partial charge in [-0.2, -0.15) is 0 Å². The van der Waals surface area contributed by atoms with Gasteiger partial charge in [0.2, 0.25) is 0 Å². The molecule has 0 aromatic rings. The summed E-state index contributed by atoms with van der Waals surface area (Å²) in [6.07, 6.45) is 8.97. The van der Waals surface area contributed by atoms with E-state index in [0.29, 0.717) is 12.1 Å². The van der Waals surface area contributed by atoms with Gasteiger partial charge in [-0.15, -0.1) is 24.0 Å². The Morgan fingerprint density at radius 1 is 1.08 bits per heavy atom. The van der Waals surface area contributed by atoms with Gasteiger partial charge in [0, 0.05) is 38.8 Å². The summed E-state index contributed by atoms with van der Waals surface area (Å²) in [5.74, 6) is 0.977. The summed E-state index contributed by atoms with van der Waals surface area (Å²) in [5.41, 5.74) is 0. The highest BCUT2D eigenvalue weighted by molar-refractivity contribution is 14.0. The number of rotatable bonds is 10. The minimum absolute atomic E-state index is 0. The number of aliphatic imine (C=N–C) groups is 1. The van der Waals surface area contributed by atoms with Gasteiger partial charge in [-0.1, -0.05) is 19.3 Å². The molecule has 0 amide bonds. The Morgan fingerprint density at radius 3 is 2.24 bits per heavy atom. The summed E-state index contributed by atoms with van der Waals surface area (Å²) in [7, 11) is 6.17. The summed E-state index contributed by atoms with van der Waals surface area (Å²) in [6, 6.07) is 1.23. The van der Waals surface area contributed by atoms with Gasteiger partial charge in [-0.05, 0) is 60.2 Å². The van der Waals surface area contributed by atoms with E-state index in [1.54, 1.807) is 0 Å². The normalized spacial score (nSPS) is 17.0. The van der Waals surface area contributed by atoms with Crippen LogP contribution in [0.1, 0.15) is 58.8 Å². The van der Waals surface area contributed by atoms with Gasteiger partial charge in [0.1, 0.15) is 0 Å². The zero-order chi connectivity index (χ0) is 17.8. The third kappa shape index (κ3) is 12.0. The lowest BCUT2D eigenvalue weighted by Crippen LogP contribution is -2.49. The van der Waals surface area contributed by atoms with Crippen LogP contribution in [0.4, 0.5) is 0 Å². The zero-order valence-electron chi connectivity index (χ0n) is 17.2. The summed E-state index contributed by atoms with van der Waals surface area (Å²) in [4.78, 5) is 9.21. The third-order valence-electron chi connectivity index (χ3n) is 4.90.